The Balaban J connectivity index is 2.94. The molecule has 6 heteroatoms. The van der Waals surface area contributed by atoms with E-state index in [2.05, 4.69) is 4.98 Å². The Morgan fingerprint density at radius 1 is 1.47 bits per heavy atom. The number of rotatable bonds is 4. The van der Waals surface area contributed by atoms with Gasteiger partial charge in [-0.3, -0.25) is 0 Å². The third-order valence-corrected chi connectivity index (χ3v) is 1.90. The van der Waals surface area contributed by atoms with Crippen LogP contribution in [-0.2, 0) is 0 Å². The quantitative estimate of drug-likeness (QED) is 0.515. The van der Waals surface area contributed by atoms with E-state index in [1.165, 1.54) is 18.2 Å². The maximum absolute atomic E-state index is 10.6. The molecule has 0 fully saturated rings. The number of carboxylic acids is 1. The number of carbonyl (C=O) groups is 1. The average molecular weight is 212 g/mol. The lowest BCUT2D eigenvalue weighted by atomic mass is 10.1. The van der Waals surface area contributed by atoms with Crippen molar-refractivity contribution < 1.29 is 20.1 Å². The van der Waals surface area contributed by atoms with E-state index >= 15 is 0 Å². The van der Waals surface area contributed by atoms with E-state index in [4.69, 9.17) is 10.8 Å². The van der Waals surface area contributed by atoms with E-state index in [1.54, 1.807) is 0 Å². The number of hydrogen-bond donors (Lipinski definition) is 4. The number of hydrogen-bond acceptors (Lipinski definition) is 5. The van der Waals surface area contributed by atoms with Crippen LogP contribution in [0.25, 0.3) is 0 Å². The maximum atomic E-state index is 10.6. The minimum absolute atomic E-state index is 0.0906. The summed E-state index contributed by atoms with van der Waals surface area (Å²) in [6.07, 6.45) is -2.42. The predicted molar refractivity (Wildman–Crippen MR) is 51.2 cm³/mol. The van der Waals surface area contributed by atoms with E-state index in [0.717, 1.165) is 0 Å². The zero-order chi connectivity index (χ0) is 11.4. The van der Waals surface area contributed by atoms with Crippen LogP contribution >= 0.6 is 0 Å². The molecule has 0 aromatic carbocycles. The zero-order valence-electron chi connectivity index (χ0n) is 7.87. The molecule has 0 aliphatic rings. The molecule has 0 saturated heterocycles. The largest absolute Gasteiger partial charge is 0.477 e. The molecule has 15 heavy (non-hydrogen) atoms. The summed E-state index contributed by atoms with van der Waals surface area (Å²) in [5.74, 6) is -1.19. The lowest BCUT2D eigenvalue weighted by Crippen LogP contribution is -2.28. The van der Waals surface area contributed by atoms with E-state index < -0.39 is 18.2 Å². The average Bonchev–Trinajstić information content (AvgIpc) is 2.27. The van der Waals surface area contributed by atoms with Crippen molar-refractivity contribution in [2.75, 3.05) is 6.54 Å². The van der Waals surface area contributed by atoms with Gasteiger partial charge in [-0.25, -0.2) is 9.78 Å². The number of nitrogens with two attached hydrogens (primary N) is 1. The molecule has 2 atom stereocenters. The fourth-order valence-electron chi connectivity index (χ4n) is 1.06. The van der Waals surface area contributed by atoms with Crippen LogP contribution in [0.3, 0.4) is 0 Å². The van der Waals surface area contributed by atoms with Crippen molar-refractivity contribution in [3.05, 3.63) is 29.6 Å². The lowest BCUT2D eigenvalue weighted by molar-refractivity contribution is 0.0215. The molecule has 0 amide bonds. The minimum Gasteiger partial charge on any atom is -0.477 e. The summed E-state index contributed by atoms with van der Waals surface area (Å²) in [6, 6.07) is 4.17. The van der Waals surface area contributed by atoms with Gasteiger partial charge in [0.1, 0.15) is 11.8 Å². The number of aliphatic hydroxyl groups is 2. The fraction of sp³-hybridized carbons (Fsp3) is 0.333. The van der Waals surface area contributed by atoms with Gasteiger partial charge in [-0.15, -0.1) is 0 Å². The maximum Gasteiger partial charge on any atom is 0.354 e. The number of aromatic carboxylic acids is 1. The molecule has 1 aromatic rings. The van der Waals surface area contributed by atoms with Crippen molar-refractivity contribution in [2.24, 2.45) is 5.73 Å². The standard InChI is InChI=1S/C9H12N2O4/c10-4-7(12)8(13)5-2-1-3-6(11-5)9(14)15/h1-3,7-8,12-13H,4,10H2,(H,14,15). The Hall–Kier alpha value is -1.50. The molecule has 5 N–H and O–H groups in total. The van der Waals surface area contributed by atoms with Gasteiger partial charge in [0, 0.05) is 6.54 Å². The highest BCUT2D eigenvalue weighted by atomic mass is 16.4. The van der Waals surface area contributed by atoms with Gasteiger partial charge in [0.2, 0.25) is 0 Å². The molecule has 0 radical (unpaired) electrons. The van der Waals surface area contributed by atoms with Crippen LogP contribution in [0.15, 0.2) is 18.2 Å². The van der Waals surface area contributed by atoms with Gasteiger partial charge >= 0.3 is 5.97 Å². The zero-order valence-corrected chi connectivity index (χ0v) is 7.87. The van der Waals surface area contributed by atoms with Gasteiger partial charge in [-0.1, -0.05) is 6.07 Å². The van der Waals surface area contributed by atoms with Crippen molar-refractivity contribution in [2.45, 2.75) is 12.2 Å². The smallest absolute Gasteiger partial charge is 0.354 e. The van der Waals surface area contributed by atoms with Crippen LogP contribution in [-0.4, -0.2) is 38.9 Å². The summed E-state index contributed by atoms with van der Waals surface area (Å²) in [5.41, 5.74) is 5.06. The van der Waals surface area contributed by atoms with Crippen LogP contribution in [0, 0.1) is 0 Å². The second-order valence-corrected chi connectivity index (χ2v) is 3.00. The first-order chi connectivity index (χ1) is 7.06. The molecule has 0 spiro atoms. The molecule has 6 nitrogen and oxygen atoms in total. The topological polar surface area (TPSA) is 117 Å². The molecule has 0 aliphatic heterocycles. The van der Waals surface area contributed by atoms with Crippen molar-refractivity contribution >= 4 is 5.97 Å². The molecule has 82 valence electrons. The SMILES string of the molecule is NCC(O)C(O)c1cccc(C(=O)O)n1. The van der Waals surface area contributed by atoms with Gasteiger partial charge in [-0.05, 0) is 12.1 Å². The van der Waals surface area contributed by atoms with Crippen molar-refractivity contribution in [1.29, 1.82) is 0 Å². The molecule has 0 bridgehead atoms. The fourth-order valence-corrected chi connectivity index (χ4v) is 1.06. The van der Waals surface area contributed by atoms with Crippen molar-refractivity contribution in [3.63, 3.8) is 0 Å². The van der Waals surface area contributed by atoms with Crippen molar-refractivity contribution in [1.82, 2.24) is 4.98 Å². The number of aromatic nitrogens is 1. The monoisotopic (exact) mass is 212 g/mol. The Kier molecular flexibility index (Phi) is 3.73. The predicted octanol–water partition coefficient (Wildman–Crippen LogP) is -0.867. The molecule has 2 unspecified atom stereocenters. The number of nitrogens with zero attached hydrogens (tertiary/aromatic N) is 1. The Labute approximate surface area is 86.0 Å². The number of aliphatic hydroxyl groups excluding tert-OH is 2. The first kappa shape index (κ1) is 11.6. The van der Waals surface area contributed by atoms with Crippen LogP contribution in [0.1, 0.15) is 22.3 Å². The van der Waals surface area contributed by atoms with Gasteiger partial charge in [-0.2, -0.15) is 0 Å². The first-order valence-corrected chi connectivity index (χ1v) is 4.32. The molecule has 1 aromatic heterocycles. The summed E-state index contributed by atoms with van der Waals surface area (Å²) in [5, 5.41) is 27.4. The van der Waals surface area contributed by atoms with Crippen LogP contribution < -0.4 is 5.73 Å². The van der Waals surface area contributed by atoms with Gasteiger partial charge < -0.3 is 21.1 Å². The summed E-state index contributed by atoms with van der Waals surface area (Å²) in [4.78, 5) is 14.3. The molecular formula is C9H12N2O4. The molecule has 0 saturated carbocycles. The highest BCUT2D eigenvalue weighted by molar-refractivity contribution is 5.85. The highest BCUT2D eigenvalue weighted by Gasteiger charge is 2.19. The van der Waals surface area contributed by atoms with Crippen LogP contribution in [0.5, 0.6) is 0 Å². The van der Waals surface area contributed by atoms with Crippen LogP contribution in [0.4, 0.5) is 0 Å². The highest BCUT2D eigenvalue weighted by Crippen LogP contribution is 2.14. The van der Waals surface area contributed by atoms with Gasteiger partial charge in [0.05, 0.1) is 11.8 Å². The third kappa shape index (κ3) is 2.72. The summed E-state index contributed by atoms with van der Waals surface area (Å²) in [6.45, 7) is -0.125. The van der Waals surface area contributed by atoms with Gasteiger partial charge in [0.25, 0.3) is 0 Å². The van der Waals surface area contributed by atoms with E-state index in [9.17, 15) is 15.0 Å². The summed E-state index contributed by atoms with van der Waals surface area (Å²) < 4.78 is 0. The van der Waals surface area contributed by atoms with Crippen LogP contribution in [0.2, 0.25) is 0 Å². The van der Waals surface area contributed by atoms with Gasteiger partial charge in [0.15, 0.2) is 0 Å². The molecule has 1 heterocycles. The lowest BCUT2D eigenvalue weighted by Gasteiger charge is -2.15. The number of pyridine rings is 1. The van der Waals surface area contributed by atoms with E-state index in [0.29, 0.717) is 0 Å². The Morgan fingerprint density at radius 2 is 2.13 bits per heavy atom. The van der Waals surface area contributed by atoms with E-state index in [-0.39, 0.29) is 17.9 Å². The second kappa shape index (κ2) is 4.83. The third-order valence-electron chi connectivity index (χ3n) is 1.90. The van der Waals surface area contributed by atoms with Crippen molar-refractivity contribution in [3.8, 4) is 0 Å². The second-order valence-electron chi connectivity index (χ2n) is 3.00. The minimum atomic E-state index is -1.27. The number of carboxylic acid groups (broad SMARTS) is 1. The molecule has 1 rings (SSSR count). The summed E-state index contributed by atoms with van der Waals surface area (Å²) >= 11 is 0. The Bertz CT molecular complexity index is 356. The molecular weight excluding hydrogens is 200 g/mol. The first-order valence-electron chi connectivity index (χ1n) is 4.32. The normalized spacial score (nSPS) is 14.6. The van der Waals surface area contributed by atoms with E-state index in [1.807, 2.05) is 0 Å². The Morgan fingerprint density at radius 3 is 2.67 bits per heavy atom. The molecule has 0 aliphatic carbocycles. The summed E-state index contributed by atoms with van der Waals surface area (Å²) in [7, 11) is 0.